The Hall–Kier alpha value is -2.62. The summed E-state index contributed by atoms with van der Waals surface area (Å²) in [5, 5.41) is 19.8. The molecule has 0 saturated heterocycles. The fourth-order valence-corrected chi connectivity index (χ4v) is 1.32. The Kier molecular flexibility index (Phi) is 5.82. The van der Waals surface area contributed by atoms with Crippen molar-refractivity contribution in [3.8, 4) is 0 Å². The standard InChI is InChI=1S/C8H9NO.C7H6O2/c1-7(9-10)8-5-3-2-4-6-8;8-7(9)6-4-2-1-3-5-6/h2-6,10H,1H3;1-5H,(H,8,9). The van der Waals surface area contributed by atoms with E-state index in [-0.39, 0.29) is 0 Å². The monoisotopic (exact) mass is 257 g/mol. The molecule has 2 rings (SSSR count). The van der Waals surface area contributed by atoms with Gasteiger partial charge in [-0.25, -0.2) is 4.79 Å². The summed E-state index contributed by atoms with van der Waals surface area (Å²) in [6.45, 7) is 1.76. The highest BCUT2D eigenvalue weighted by Gasteiger charge is 1.96. The normalized spacial score (nSPS) is 10.3. The quantitative estimate of drug-likeness (QED) is 0.493. The van der Waals surface area contributed by atoms with Crippen LogP contribution >= 0.6 is 0 Å². The highest BCUT2D eigenvalue weighted by atomic mass is 16.4. The van der Waals surface area contributed by atoms with Gasteiger partial charge in [0.1, 0.15) is 0 Å². The van der Waals surface area contributed by atoms with Crippen LogP contribution in [0.15, 0.2) is 65.8 Å². The maximum absolute atomic E-state index is 10.2. The van der Waals surface area contributed by atoms with Crippen LogP contribution in [-0.4, -0.2) is 22.0 Å². The van der Waals surface area contributed by atoms with Gasteiger partial charge in [-0.3, -0.25) is 0 Å². The van der Waals surface area contributed by atoms with E-state index in [2.05, 4.69) is 5.16 Å². The smallest absolute Gasteiger partial charge is 0.335 e. The Morgan fingerprint density at radius 2 is 1.32 bits per heavy atom. The molecule has 19 heavy (non-hydrogen) atoms. The summed E-state index contributed by atoms with van der Waals surface area (Å²) in [6, 6.07) is 17.8. The van der Waals surface area contributed by atoms with Crippen LogP contribution in [0.2, 0.25) is 0 Å². The second-order valence-electron chi connectivity index (χ2n) is 3.72. The number of rotatable bonds is 2. The molecule has 0 fully saturated rings. The maximum atomic E-state index is 10.2. The molecule has 0 aliphatic heterocycles. The van der Waals surface area contributed by atoms with Crippen LogP contribution in [0.1, 0.15) is 22.8 Å². The largest absolute Gasteiger partial charge is 0.478 e. The lowest BCUT2D eigenvalue weighted by Gasteiger charge is -1.94. The van der Waals surface area contributed by atoms with Gasteiger partial charge in [-0.2, -0.15) is 0 Å². The minimum absolute atomic E-state index is 0.331. The van der Waals surface area contributed by atoms with Gasteiger partial charge in [0, 0.05) is 0 Å². The molecule has 2 aromatic carbocycles. The van der Waals surface area contributed by atoms with Crippen LogP contribution in [0, 0.1) is 0 Å². The van der Waals surface area contributed by atoms with Gasteiger partial charge in [0.2, 0.25) is 0 Å². The van der Waals surface area contributed by atoms with Crippen molar-refractivity contribution in [1.82, 2.24) is 0 Å². The van der Waals surface area contributed by atoms with Crippen LogP contribution in [0.5, 0.6) is 0 Å². The number of carboxylic acids is 1. The summed E-state index contributed by atoms with van der Waals surface area (Å²) in [5.74, 6) is -0.879. The fourth-order valence-electron chi connectivity index (χ4n) is 1.32. The summed E-state index contributed by atoms with van der Waals surface area (Å²) in [4.78, 5) is 10.2. The van der Waals surface area contributed by atoms with Crippen molar-refractivity contribution in [2.75, 3.05) is 0 Å². The van der Waals surface area contributed by atoms with E-state index in [1.807, 2.05) is 30.3 Å². The molecule has 0 radical (unpaired) electrons. The zero-order valence-corrected chi connectivity index (χ0v) is 10.5. The van der Waals surface area contributed by atoms with Crippen LogP contribution in [0.25, 0.3) is 0 Å². The minimum Gasteiger partial charge on any atom is -0.478 e. The molecule has 0 bridgehead atoms. The van der Waals surface area contributed by atoms with E-state index in [4.69, 9.17) is 10.3 Å². The summed E-state index contributed by atoms with van der Waals surface area (Å²) in [5.41, 5.74) is 1.92. The first-order valence-electron chi connectivity index (χ1n) is 5.67. The fraction of sp³-hybridized carbons (Fsp3) is 0.0667. The molecule has 0 heterocycles. The molecule has 0 aromatic heterocycles. The van der Waals surface area contributed by atoms with Gasteiger partial charge >= 0.3 is 5.97 Å². The van der Waals surface area contributed by atoms with E-state index < -0.39 is 5.97 Å². The number of oxime groups is 1. The van der Waals surface area contributed by atoms with Crippen LogP contribution < -0.4 is 0 Å². The molecular weight excluding hydrogens is 242 g/mol. The van der Waals surface area contributed by atoms with Gasteiger partial charge in [0.25, 0.3) is 0 Å². The van der Waals surface area contributed by atoms with E-state index >= 15 is 0 Å². The summed E-state index contributed by atoms with van der Waals surface area (Å²) in [6.07, 6.45) is 0. The third-order valence-electron chi connectivity index (χ3n) is 2.36. The number of nitrogens with zero attached hydrogens (tertiary/aromatic N) is 1. The lowest BCUT2D eigenvalue weighted by Crippen LogP contribution is -1.93. The van der Waals surface area contributed by atoms with Gasteiger partial charge < -0.3 is 10.3 Å². The van der Waals surface area contributed by atoms with Gasteiger partial charge in [-0.1, -0.05) is 53.7 Å². The average Bonchev–Trinajstić information content (AvgIpc) is 2.49. The SMILES string of the molecule is CC(=NO)c1ccccc1.O=C(O)c1ccccc1. The maximum Gasteiger partial charge on any atom is 0.335 e. The lowest BCUT2D eigenvalue weighted by molar-refractivity contribution is 0.0697. The number of benzene rings is 2. The van der Waals surface area contributed by atoms with Gasteiger partial charge in [0.15, 0.2) is 0 Å². The zero-order valence-electron chi connectivity index (χ0n) is 10.5. The molecule has 0 aliphatic carbocycles. The highest BCUT2D eigenvalue weighted by molar-refractivity contribution is 5.98. The van der Waals surface area contributed by atoms with E-state index in [1.54, 1.807) is 37.3 Å². The lowest BCUT2D eigenvalue weighted by atomic mass is 10.1. The number of carbonyl (C=O) groups is 1. The van der Waals surface area contributed by atoms with Gasteiger partial charge in [0.05, 0.1) is 11.3 Å². The van der Waals surface area contributed by atoms with Crippen molar-refractivity contribution in [1.29, 1.82) is 0 Å². The van der Waals surface area contributed by atoms with Crippen molar-refractivity contribution >= 4 is 11.7 Å². The first-order chi connectivity index (χ1) is 9.15. The van der Waals surface area contributed by atoms with Crippen molar-refractivity contribution in [2.45, 2.75) is 6.92 Å². The van der Waals surface area contributed by atoms with Crippen LogP contribution in [0.3, 0.4) is 0 Å². The summed E-state index contributed by atoms with van der Waals surface area (Å²) in [7, 11) is 0. The average molecular weight is 257 g/mol. The Morgan fingerprint density at radius 1 is 0.895 bits per heavy atom. The summed E-state index contributed by atoms with van der Waals surface area (Å²) < 4.78 is 0. The molecule has 4 nitrogen and oxygen atoms in total. The molecule has 4 heteroatoms. The van der Waals surface area contributed by atoms with E-state index in [0.29, 0.717) is 11.3 Å². The number of hydrogen-bond acceptors (Lipinski definition) is 3. The first-order valence-corrected chi connectivity index (χ1v) is 5.67. The molecule has 0 amide bonds. The third kappa shape index (κ3) is 5.04. The van der Waals surface area contributed by atoms with Gasteiger partial charge in [-0.05, 0) is 24.6 Å². The molecule has 0 spiro atoms. The Morgan fingerprint density at radius 3 is 1.63 bits per heavy atom. The zero-order chi connectivity index (χ0) is 14.1. The Bertz CT molecular complexity index is 536. The van der Waals surface area contributed by atoms with Crippen LogP contribution in [-0.2, 0) is 0 Å². The molecule has 0 unspecified atom stereocenters. The third-order valence-corrected chi connectivity index (χ3v) is 2.36. The predicted molar refractivity (Wildman–Crippen MR) is 73.8 cm³/mol. The van der Waals surface area contributed by atoms with Crippen molar-refractivity contribution in [3.05, 3.63) is 71.8 Å². The Balaban J connectivity index is 0.000000191. The summed E-state index contributed by atoms with van der Waals surface area (Å²) >= 11 is 0. The minimum atomic E-state index is -0.879. The van der Waals surface area contributed by atoms with E-state index in [1.165, 1.54) is 0 Å². The van der Waals surface area contributed by atoms with Gasteiger partial charge in [-0.15, -0.1) is 0 Å². The molecule has 98 valence electrons. The highest BCUT2D eigenvalue weighted by Crippen LogP contribution is 1.99. The number of hydrogen-bond donors (Lipinski definition) is 2. The topological polar surface area (TPSA) is 69.9 Å². The van der Waals surface area contributed by atoms with E-state index in [9.17, 15) is 4.79 Å². The van der Waals surface area contributed by atoms with Crippen molar-refractivity contribution < 1.29 is 15.1 Å². The van der Waals surface area contributed by atoms with Crippen molar-refractivity contribution in [2.24, 2.45) is 5.16 Å². The van der Waals surface area contributed by atoms with Crippen molar-refractivity contribution in [3.63, 3.8) is 0 Å². The number of aromatic carboxylic acids is 1. The molecule has 0 aliphatic rings. The molecule has 0 atom stereocenters. The second-order valence-corrected chi connectivity index (χ2v) is 3.72. The molecular formula is C15H15NO3. The molecule has 2 N–H and O–H groups in total. The van der Waals surface area contributed by atoms with E-state index in [0.717, 1.165) is 5.56 Å². The second kappa shape index (κ2) is 7.66. The molecule has 2 aromatic rings. The molecule has 0 saturated carbocycles. The number of carboxylic acid groups (broad SMARTS) is 1. The predicted octanol–water partition coefficient (Wildman–Crippen LogP) is 3.27. The first kappa shape index (κ1) is 14.4. The Labute approximate surface area is 111 Å². The van der Waals surface area contributed by atoms with Crippen LogP contribution in [0.4, 0.5) is 0 Å².